The molecule has 0 spiro atoms. The van der Waals surface area contributed by atoms with Gasteiger partial charge in [0, 0.05) is 41.0 Å². The summed E-state index contributed by atoms with van der Waals surface area (Å²) in [5.74, 6) is 2.23. The summed E-state index contributed by atoms with van der Waals surface area (Å²) in [6.07, 6.45) is 16.0. The summed E-state index contributed by atoms with van der Waals surface area (Å²) >= 11 is 0. The summed E-state index contributed by atoms with van der Waals surface area (Å²) in [6, 6.07) is 41.5. The van der Waals surface area contributed by atoms with E-state index >= 15 is 0 Å². The number of rotatable bonds is 14. The van der Waals surface area contributed by atoms with Gasteiger partial charge in [-0.1, -0.05) is 162 Å². The monoisotopic (exact) mass is 1280 g/mol. The quantitative estimate of drug-likeness (QED) is 0.0429. The second kappa shape index (κ2) is 36.4. The summed E-state index contributed by atoms with van der Waals surface area (Å²) in [6.45, 7) is 19.5. The van der Waals surface area contributed by atoms with Gasteiger partial charge in [-0.3, -0.25) is 34.6 Å². The number of esters is 3. The van der Waals surface area contributed by atoms with E-state index in [0.29, 0.717) is 51.9 Å². The normalized spacial score (nSPS) is 18.1. The zero-order valence-electron chi connectivity index (χ0n) is 56.1. The standard InChI is InChI=1S/C22H23FN2O2.2C22H23N3O4.3C3H8/c1-15-6-4-9-18(12-15)27-21(26)14-25-20-11-3-2-10-19(20)24-22(25)16-7-5-8-17(23)13-16;1-15-6-4-9-18(12-15)29-21(26)14-24-20-11-3-2-10-19(20)23-22(24)16-7-5-8-17(13-16)25(27)28;1-15-5-4-6-18(13-15)29-21(26)14-24-20-8-3-2-7-19(20)23-22(24)16-9-11-17(12-10-16)25(27)28;3*1-3-2/h2-3,5,7-8,10-11,13,15,18H,4,6,9,12,14H2,1H3;2-3,5,7-8,10-11,13,15,18H,4,6,9,12,14H2,1H3;2-3,7-12,15,18H,4-6,13-14H2,1H3;3*3H2,1-2H3. The van der Waals surface area contributed by atoms with Crippen molar-refractivity contribution in [3.05, 3.63) is 172 Å². The first kappa shape index (κ1) is 72.3. The molecular formula is C75H93FN8O10. The number of nitrogens with zero attached hydrogens (tertiary/aromatic N) is 8. The van der Waals surface area contributed by atoms with E-state index in [1.807, 2.05) is 81.9 Å². The Kier molecular flexibility index (Phi) is 28.0. The molecule has 0 bridgehead atoms. The Morgan fingerprint density at radius 1 is 0.436 bits per heavy atom. The lowest BCUT2D eigenvalue weighted by Gasteiger charge is -2.26. The molecule has 3 heterocycles. The molecule has 18 nitrogen and oxygen atoms in total. The lowest BCUT2D eigenvalue weighted by molar-refractivity contribution is -0.385. The van der Waals surface area contributed by atoms with Gasteiger partial charge in [-0.25, -0.2) is 19.3 Å². The molecule has 6 unspecified atom stereocenters. The number of carbonyl (C=O) groups excluding carboxylic acids is 3. The number of hydrogen-bond donors (Lipinski definition) is 0. The first-order chi connectivity index (χ1) is 45.4. The van der Waals surface area contributed by atoms with Gasteiger partial charge in [-0.2, -0.15) is 0 Å². The molecule has 9 aromatic rings. The second-order valence-corrected chi connectivity index (χ2v) is 24.9. The molecule has 12 rings (SSSR count). The molecule has 3 saturated carbocycles. The number of imidazole rings is 3. The van der Waals surface area contributed by atoms with Crippen LogP contribution in [-0.4, -0.2) is 74.7 Å². The van der Waals surface area contributed by atoms with Gasteiger partial charge in [0.2, 0.25) is 0 Å². The molecule has 3 aromatic heterocycles. The zero-order valence-corrected chi connectivity index (χ0v) is 56.1. The van der Waals surface area contributed by atoms with Gasteiger partial charge in [-0.05, 0) is 136 Å². The van der Waals surface area contributed by atoms with Crippen LogP contribution in [0.3, 0.4) is 0 Å². The molecule has 0 amide bonds. The summed E-state index contributed by atoms with van der Waals surface area (Å²) < 4.78 is 36.4. The van der Waals surface area contributed by atoms with Crippen molar-refractivity contribution in [1.82, 2.24) is 28.7 Å². The van der Waals surface area contributed by atoms with Crippen molar-refractivity contribution in [1.29, 1.82) is 0 Å². The second-order valence-electron chi connectivity index (χ2n) is 24.9. The number of benzene rings is 6. The summed E-state index contributed by atoms with van der Waals surface area (Å²) in [7, 11) is 0. The van der Waals surface area contributed by atoms with Crippen molar-refractivity contribution in [2.75, 3.05) is 0 Å². The maximum Gasteiger partial charge on any atom is 0.326 e. The number of hydrogen-bond acceptors (Lipinski definition) is 13. The fraction of sp³-hybridized carbons (Fsp3) is 0.440. The molecule has 0 aliphatic heterocycles. The van der Waals surface area contributed by atoms with Crippen LogP contribution < -0.4 is 0 Å². The van der Waals surface area contributed by atoms with E-state index in [4.69, 9.17) is 14.2 Å². The number of ether oxygens (including phenoxy) is 3. The van der Waals surface area contributed by atoms with Crippen molar-refractivity contribution >= 4 is 62.4 Å². The molecule has 94 heavy (non-hydrogen) atoms. The number of nitro benzene ring substituents is 2. The molecule has 6 aromatic carbocycles. The van der Waals surface area contributed by atoms with E-state index in [9.17, 15) is 39.0 Å². The van der Waals surface area contributed by atoms with Crippen molar-refractivity contribution in [3.63, 3.8) is 0 Å². The molecule has 0 radical (unpaired) electrons. The number of nitro groups is 2. The molecule has 6 atom stereocenters. The van der Waals surface area contributed by atoms with Crippen LogP contribution in [-0.2, 0) is 48.2 Å². The van der Waals surface area contributed by atoms with Crippen LogP contribution in [0, 0.1) is 43.8 Å². The highest BCUT2D eigenvalue weighted by molar-refractivity contribution is 5.86. The number of para-hydroxylation sites is 6. The van der Waals surface area contributed by atoms with Crippen molar-refractivity contribution in [3.8, 4) is 34.2 Å². The number of fused-ring (bicyclic) bond motifs is 3. The van der Waals surface area contributed by atoms with Crippen LogP contribution >= 0.6 is 0 Å². The number of carbonyl (C=O) groups is 3. The van der Waals surface area contributed by atoms with Crippen LogP contribution in [0.25, 0.3) is 67.3 Å². The highest BCUT2D eigenvalue weighted by Crippen LogP contribution is 2.33. The summed E-state index contributed by atoms with van der Waals surface area (Å²) in [5.41, 5.74) is 6.68. The van der Waals surface area contributed by atoms with Crippen LogP contribution in [0.4, 0.5) is 15.8 Å². The van der Waals surface area contributed by atoms with Gasteiger partial charge in [0.25, 0.3) is 11.4 Å². The molecule has 3 aliphatic carbocycles. The highest BCUT2D eigenvalue weighted by Gasteiger charge is 2.28. The van der Waals surface area contributed by atoms with Crippen LogP contribution in [0.1, 0.15) is 159 Å². The SMILES string of the molecule is CC1CCCC(OC(=O)Cn2c(-c3ccc([N+](=O)[O-])cc3)nc3ccccc32)C1.CC1CCCC(OC(=O)Cn2c(-c3cccc(F)c3)nc3ccccc32)C1.CC1CCCC(OC(=O)Cn2c(-c3cccc([N+](=O)[O-])c3)nc3ccccc32)C1.CCC.CCC.CCC. The molecule has 0 saturated heterocycles. The molecule has 3 fully saturated rings. The fourth-order valence-electron chi connectivity index (χ4n) is 12.0. The van der Waals surface area contributed by atoms with Crippen LogP contribution in [0.2, 0.25) is 0 Å². The van der Waals surface area contributed by atoms with E-state index in [-0.39, 0.29) is 73.0 Å². The minimum absolute atomic E-state index is 0.00587. The van der Waals surface area contributed by atoms with Crippen molar-refractivity contribution in [2.24, 2.45) is 17.8 Å². The van der Waals surface area contributed by atoms with E-state index in [0.717, 1.165) is 90.9 Å². The lowest BCUT2D eigenvalue weighted by atomic mass is 9.89. The lowest BCUT2D eigenvalue weighted by Crippen LogP contribution is -2.26. The third-order valence-electron chi connectivity index (χ3n) is 16.1. The van der Waals surface area contributed by atoms with Crippen molar-refractivity contribution < 1.29 is 42.8 Å². The molecule has 3 aliphatic rings. The molecule has 500 valence electrons. The Balaban J connectivity index is 0.000000187. The van der Waals surface area contributed by atoms with Gasteiger partial charge < -0.3 is 27.9 Å². The molecular weight excluding hydrogens is 1190 g/mol. The first-order valence-electron chi connectivity index (χ1n) is 33.6. The number of halogens is 1. The number of aromatic nitrogens is 6. The van der Waals surface area contributed by atoms with E-state index in [2.05, 4.69) is 77.3 Å². The minimum atomic E-state index is -0.436. The minimum Gasteiger partial charge on any atom is -0.461 e. The Morgan fingerprint density at radius 2 is 0.766 bits per heavy atom. The zero-order chi connectivity index (χ0) is 67.7. The third kappa shape index (κ3) is 20.7. The fourth-order valence-corrected chi connectivity index (χ4v) is 12.0. The van der Waals surface area contributed by atoms with Gasteiger partial charge in [0.05, 0.1) is 42.9 Å². The summed E-state index contributed by atoms with van der Waals surface area (Å²) in [4.78, 5) is 73.2. The Labute approximate surface area is 551 Å². The van der Waals surface area contributed by atoms with Gasteiger partial charge in [0.15, 0.2) is 0 Å². The molecule has 0 N–H and O–H groups in total. The van der Waals surface area contributed by atoms with Crippen LogP contribution in [0.5, 0.6) is 0 Å². The van der Waals surface area contributed by atoms with E-state index in [1.54, 1.807) is 41.0 Å². The maximum absolute atomic E-state index is 13.7. The Morgan fingerprint density at radius 3 is 1.11 bits per heavy atom. The van der Waals surface area contributed by atoms with Gasteiger partial charge in [-0.15, -0.1) is 0 Å². The smallest absolute Gasteiger partial charge is 0.326 e. The number of non-ortho nitro benzene ring substituents is 2. The first-order valence-corrected chi connectivity index (χ1v) is 33.6. The summed E-state index contributed by atoms with van der Waals surface area (Å²) in [5, 5.41) is 22.1. The predicted octanol–water partition coefficient (Wildman–Crippen LogP) is 18.7. The Bertz CT molecular complexity index is 3910. The largest absolute Gasteiger partial charge is 0.461 e. The predicted molar refractivity (Wildman–Crippen MR) is 369 cm³/mol. The Hall–Kier alpha value is -9.13. The highest BCUT2D eigenvalue weighted by atomic mass is 19.1. The van der Waals surface area contributed by atoms with E-state index < -0.39 is 9.85 Å². The third-order valence-corrected chi connectivity index (χ3v) is 16.1. The molecule has 19 heteroatoms. The van der Waals surface area contributed by atoms with Crippen LogP contribution in [0.15, 0.2) is 146 Å². The van der Waals surface area contributed by atoms with E-state index in [1.165, 1.54) is 74.9 Å². The average Bonchev–Trinajstić information content (AvgIpc) is 1.66. The maximum atomic E-state index is 13.7. The van der Waals surface area contributed by atoms with Gasteiger partial charge >= 0.3 is 17.9 Å². The average molecular weight is 1290 g/mol. The topological polar surface area (TPSA) is 219 Å². The van der Waals surface area contributed by atoms with Gasteiger partial charge in [0.1, 0.15) is 61.2 Å². The van der Waals surface area contributed by atoms with Crippen molar-refractivity contribution in [2.45, 2.75) is 197 Å².